The highest BCUT2D eigenvalue weighted by atomic mass is 16.5. The lowest BCUT2D eigenvalue weighted by Crippen LogP contribution is -2.48. The van der Waals surface area contributed by atoms with Crippen LogP contribution < -0.4 is 5.32 Å². The van der Waals surface area contributed by atoms with E-state index in [1.807, 2.05) is 26.0 Å². The fourth-order valence-corrected chi connectivity index (χ4v) is 3.89. The number of aromatic nitrogens is 5. The van der Waals surface area contributed by atoms with Crippen molar-refractivity contribution in [2.45, 2.75) is 25.8 Å². The first-order valence-electron chi connectivity index (χ1n) is 10.8. The SMILES string of the molecule is COC(=O)N1CC(c2cc(-c3cnc(-n4ncc5cc(C#N)cnc54)cc3NC(C)C)on2)C1. The predicted octanol–water partition coefficient (Wildman–Crippen LogP) is 3.33. The summed E-state index contributed by atoms with van der Waals surface area (Å²) in [5.41, 5.74) is 3.43. The molecule has 0 bridgehead atoms. The molecule has 0 unspecified atom stereocenters. The molecule has 1 aliphatic heterocycles. The van der Waals surface area contributed by atoms with Gasteiger partial charge in [-0.25, -0.2) is 14.8 Å². The topological polar surface area (TPSA) is 135 Å². The van der Waals surface area contributed by atoms with Gasteiger partial charge in [0.05, 0.1) is 35.8 Å². The lowest BCUT2D eigenvalue weighted by Gasteiger charge is -2.36. The summed E-state index contributed by atoms with van der Waals surface area (Å²) in [5.74, 6) is 1.26. The summed E-state index contributed by atoms with van der Waals surface area (Å²) < 4.78 is 12.0. The molecule has 1 N–H and O–H groups in total. The van der Waals surface area contributed by atoms with Gasteiger partial charge >= 0.3 is 6.09 Å². The normalized spacial score (nSPS) is 13.7. The Bertz CT molecular complexity index is 1410. The summed E-state index contributed by atoms with van der Waals surface area (Å²) >= 11 is 0. The number of methoxy groups -OCH3 is 1. The first-order chi connectivity index (χ1) is 16.5. The lowest BCUT2D eigenvalue weighted by atomic mass is 9.96. The van der Waals surface area contributed by atoms with Gasteiger partial charge in [-0.1, -0.05) is 5.16 Å². The number of anilines is 1. The third-order valence-electron chi connectivity index (χ3n) is 5.61. The van der Waals surface area contributed by atoms with Gasteiger partial charge in [0, 0.05) is 55.0 Å². The molecule has 0 aliphatic carbocycles. The van der Waals surface area contributed by atoms with Crippen LogP contribution >= 0.6 is 0 Å². The number of carbonyl (C=O) groups is 1. The van der Waals surface area contributed by atoms with Crippen molar-refractivity contribution < 1.29 is 14.1 Å². The predicted molar refractivity (Wildman–Crippen MR) is 122 cm³/mol. The van der Waals surface area contributed by atoms with Gasteiger partial charge in [-0.2, -0.15) is 15.0 Å². The molecular weight excluding hydrogens is 436 g/mol. The maximum atomic E-state index is 11.6. The molecule has 1 aliphatic rings. The fourth-order valence-electron chi connectivity index (χ4n) is 3.89. The summed E-state index contributed by atoms with van der Waals surface area (Å²) in [6.45, 7) is 5.17. The van der Waals surface area contributed by atoms with Crippen LogP contribution in [0.25, 0.3) is 28.2 Å². The van der Waals surface area contributed by atoms with E-state index in [9.17, 15) is 4.79 Å². The number of likely N-dealkylation sites (tertiary alicyclic amines) is 1. The number of hydrogen-bond donors (Lipinski definition) is 1. The smallest absolute Gasteiger partial charge is 0.409 e. The van der Waals surface area contributed by atoms with E-state index in [4.69, 9.17) is 14.5 Å². The molecule has 4 aromatic heterocycles. The van der Waals surface area contributed by atoms with Crippen LogP contribution in [0.2, 0.25) is 0 Å². The second-order valence-electron chi connectivity index (χ2n) is 8.38. The number of fused-ring (bicyclic) bond motifs is 1. The van der Waals surface area contributed by atoms with Crippen molar-refractivity contribution in [3.63, 3.8) is 0 Å². The van der Waals surface area contributed by atoms with E-state index in [0.717, 1.165) is 22.3 Å². The molecule has 1 fully saturated rings. The van der Waals surface area contributed by atoms with E-state index in [2.05, 4.69) is 31.6 Å². The third kappa shape index (κ3) is 3.79. The zero-order valence-corrected chi connectivity index (χ0v) is 18.9. The van der Waals surface area contributed by atoms with Crippen molar-refractivity contribution in [1.29, 1.82) is 5.26 Å². The highest BCUT2D eigenvalue weighted by molar-refractivity contribution is 5.79. The van der Waals surface area contributed by atoms with E-state index in [1.165, 1.54) is 13.3 Å². The molecule has 0 radical (unpaired) electrons. The minimum Gasteiger partial charge on any atom is -0.453 e. The summed E-state index contributed by atoms with van der Waals surface area (Å²) in [7, 11) is 1.37. The molecule has 172 valence electrons. The molecule has 0 spiro atoms. The van der Waals surface area contributed by atoms with Gasteiger partial charge < -0.3 is 19.5 Å². The van der Waals surface area contributed by atoms with Gasteiger partial charge in [0.1, 0.15) is 6.07 Å². The Morgan fingerprint density at radius 2 is 2.06 bits per heavy atom. The minimum atomic E-state index is -0.340. The number of amides is 1. The minimum absolute atomic E-state index is 0.102. The zero-order valence-electron chi connectivity index (χ0n) is 18.9. The van der Waals surface area contributed by atoms with Crippen molar-refractivity contribution in [2.24, 2.45) is 0 Å². The number of rotatable bonds is 5. The zero-order chi connectivity index (χ0) is 23.8. The van der Waals surface area contributed by atoms with Crippen molar-refractivity contribution in [3.05, 3.63) is 48.0 Å². The second kappa shape index (κ2) is 8.47. The van der Waals surface area contributed by atoms with Crippen LogP contribution in [0.4, 0.5) is 10.5 Å². The van der Waals surface area contributed by atoms with E-state index in [0.29, 0.717) is 35.9 Å². The van der Waals surface area contributed by atoms with Crippen molar-refractivity contribution in [2.75, 3.05) is 25.5 Å². The van der Waals surface area contributed by atoms with Crippen LogP contribution in [-0.4, -0.2) is 62.1 Å². The number of nitriles is 1. The number of nitrogens with one attached hydrogen (secondary N) is 1. The molecule has 4 aromatic rings. The largest absolute Gasteiger partial charge is 0.453 e. The molecule has 11 nitrogen and oxygen atoms in total. The summed E-state index contributed by atoms with van der Waals surface area (Å²) in [6.07, 6.45) is 4.55. The molecule has 34 heavy (non-hydrogen) atoms. The first kappa shape index (κ1) is 21.4. The van der Waals surface area contributed by atoms with Gasteiger partial charge in [0.15, 0.2) is 17.2 Å². The van der Waals surface area contributed by atoms with E-state index < -0.39 is 0 Å². The highest BCUT2D eigenvalue weighted by Gasteiger charge is 2.34. The van der Waals surface area contributed by atoms with Crippen molar-refractivity contribution in [3.8, 4) is 23.2 Å². The maximum Gasteiger partial charge on any atom is 0.409 e. The van der Waals surface area contributed by atoms with Gasteiger partial charge in [-0.15, -0.1) is 0 Å². The molecule has 1 amide bonds. The Morgan fingerprint density at radius 1 is 1.24 bits per heavy atom. The van der Waals surface area contributed by atoms with Crippen LogP contribution in [0.15, 0.2) is 41.3 Å². The molecular formula is C23H22N8O3. The summed E-state index contributed by atoms with van der Waals surface area (Å²) in [5, 5.41) is 21.9. The summed E-state index contributed by atoms with van der Waals surface area (Å²) in [4.78, 5) is 22.2. The Balaban J connectivity index is 1.46. The third-order valence-corrected chi connectivity index (χ3v) is 5.61. The quantitative estimate of drug-likeness (QED) is 0.478. The van der Waals surface area contributed by atoms with Crippen LogP contribution in [0, 0.1) is 11.3 Å². The van der Waals surface area contributed by atoms with E-state index in [1.54, 1.807) is 28.0 Å². The molecule has 5 heterocycles. The lowest BCUT2D eigenvalue weighted by molar-refractivity contribution is 0.0865. The van der Waals surface area contributed by atoms with Gasteiger partial charge in [0.2, 0.25) is 0 Å². The van der Waals surface area contributed by atoms with Crippen LogP contribution in [0.3, 0.4) is 0 Å². The number of nitrogens with zero attached hydrogens (tertiary/aromatic N) is 7. The summed E-state index contributed by atoms with van der Waals surface area (Å²) in [6, 6.07) is 7.75. The van der Waals surface area contributed by atoms with E-state index >= 15 is 0 Å². The molecule has 5 rings (SSSR count). The first-order valence-corrected chi connectivity index (χ1v) is 10.8. The molecule has 11 heteroatoms. The van der Waals surface area contributed by atoms with Crippen LogP contribution in [-0.2, 0) is 4.74 Å². The van der Waals surface area contributed by atoms with E-state index in [-0.39, 0.29) is 18.1 Å². The average molecular weight is 458 g/mol. The van der Waals surface area contributed by atoms with Gasteiger partial charge in [-0.3, -0.25) is 0 Å². The molecule has 1 saturated heterocycles. The molecule has 0 aromatic carbocycles. The Morgan fingerprint density at radius 3 is 2.79 bits per heavy atom. The number of hydrogen-bond acceptors (Lipinski definition) is 9. The van der Waals surface area contributed by atoms with Crippen molar-refractivity contribution in [1.82, 2.24) is 29.8 Å². The Kier molecular flexibility index (Phi) is 5.33. The van der Waals surface area contributed by atoms with Gasteiger partial charge in [0.25, 0.3) is 0 Å². The number of pyridine rings is 2. The molecule has 0 atom stereocenters. The number of ether oxygens (including phenoxy) is 1. The maximum absolute atomic E-state index is 11.6. The standard InChI is InChI=1S/C23H22N8O3/c1-13(2)28-19-6-21(31-22-15(9-27-31)4-14(7-24)8-26-22)25-10-17(19)20-5-18(29-34-20)16-11-30(12-16)23(32)33-3/h4-6,8-10,13,16H,11-12H2,1-3H3,(H,25,28). The second-order valence-corrected chi connectivity index (χ2v) is 8.38. The van der Waals surface area contributed by atoms with Crippen molar-refractivity contribution >= 4 is 22.8 Å². The average Bonchev–Trinajstić information content (AvgIpc) is 3.44. The Hall–Kier alpha value is -4.46. The monoisotopic (exact) mass is 458 g/mol. The number of carbonyl (C=O) groups excluding carboxylic acids is 1. The highest BCUT2D eigenvalue weighted by Crippen LogP contribution is 2.34. The van der Waals surface area contributed by atoms with Crippen LogP contribution in [0.5, 0.6) is 0 Å². The molecule has 0 saturated carbocycles. The van der Waals surface area contributed by atoms with Crippen LogP contribution in [0.1, 0.15) is 31.0 Å². The Labute approximate surface area is 194 Å². The fraction of sp³-hybridized carbons (Fsp3) is 0.304. The van der Waals surface area contributed by atoms with Gasteiger partial charge in [-0.05, 0) is 19.9 Å².